The minimum Gasteiger partial charge on any atom is -0.373 e. The molecule has 1 aromatic rings. The first-order valence-corrected chi connectivity index (χ1v) is 8.04. The Balaban J connectivity index is 1.61. The molecule has 0 heterocycles. The van der Waals surface area contributed by atoms with Crippen LogP contribution in [0.3, 0.4) is 0 Å². The third-order valence-corrected chi connectivity index (χ3v) is 5.63. The topological polar surface area (TPSA) is 9.23 Å². The predicted molar refractivity (Wildman–Crippen MR) is 79.4 cm³/mol. The second kappa shape index (κ2) is 5.85. The fourth-order valence-electron chi connectivity index (χ4n) is 3.73. The summed E-state index contributed by atoms with van der Waals surface area (Å²) in [5, 5.41) is 0.339. The van der Waals surface area contributed by atoms with Crippen LogP contribution in [0.1, 0.15) is 50.5 Å². The largest absolute Gasteiger partial charge is 0.373 e. The van der Waals surface area contributed by atoms with Gasteiger partial charge >= 0.3 is 0 Å². The van der Waals surface area contributed by atoms with Crippen molar-refractivity contribution in [2.45, 2.75) is 63.0 Å². The van der Waals surface area contributed by atoms with Crippen LogP contribution in [-0.4, -0.2) is 11.5 Å². The zero-order valence-corrected chi connectivity index (χ0v) is 12.2. The third-order valence-electron chi connectivity index (χ3n) is 5.01. The van der Waals surface area contributed by atoms with Gasteiger partial charge in [-0.25, -0.2) is 0 Å². The quantitative estimate of drug-likeness (QED) is 0.713. The standard InChI is InChI=1S/C17H23ClO/c18-15-12-16(17(15)10-6-1-2-7-11-17)19-13-14-8-4-3-5-9-14/h3-5,8-9,15-16H,1-2,6-7,10-13H2. The average molecular weight is 279 g/mol. The van der Waals surface area contributed by atoms with Crippen molar-refractivity contribution in [2.24, 2.45) is 5.41 Å². The Morgan fingerprint density at radius 3 is 2.37 bits per heavy atom. The molecule has 3 rings (SSSR count). The van der Waals surface area contributed by atoms with Crippen LogP contribution in [0.25, 0.3) is 0 Å². The molecule has 1 aromatic carbocycles. The van der Waals surface area contributed by atoms with Gasteiger partial charge in [-0.05, 0) is 24.8 Å². The summed E-state index contributed by atoms with van der Waals surface area (Å²) in [7, 11) is 0. The Hall–Kier alpha value is -0.530. The number of ether oxygens (including phenoxy) is 1. The van der Waals surface area contributed by atoms with E-state index < -0.39 is 0 Å². The molecule has 2 aliphatic carbocycles. The predicted octanol–water partition coefficient (Wildman–Crippen LogP) is 4.92. The van der Waals surface area contributed by atoms with Crippen molar-refractivity contribution < 1.29 is 4.74 Å². The molecule has 0 amide bonds. The molecule has 0 N–H and O–H groups in total. The van der Waals surface area contributed by atoms with Crippen LogP contribution in [0.5, 0.6) is 0 Å². The molecule has 2 fully saturated rings. The van der Waals surface area contributed by atoms with Crippen molar-refractivity contribution >= 4 is 11.6 Å². The summed E-state index contributed by atoms with van der Waals surface area (Å²) in [6.07, 6.45) is 9.35. The lowest BCUT2D eigenvalue weighted by Gasteiger charge is -2.53. The molecule has 2 heteroatoms. The first kappa shape index (κ1) is 13.5. The van der Waals surface area contributed by atoms with Crippen molar-refractivity contribution in [1.82, 2.24) is 0 Å². The van der Waals surface area contributed by atoms with Crippen molar-refractivity contribution in [1.29, 1.82) is 0 Å². The van der Waals surface area contributed by atoms with Crippen molar-refractivity contribution in [3.05, 3.63) is 35.9 Å². The molecule has 104 valence electrons. The molecule has 0 radical (unpaired) electrons. The zero-order chi connectivity index (χ0) is 13.1. The monoisotopic (exact) mass is 278 g/mol. The molecule has 1 spiro atoms. The third kappa shape index (κ3) is 2.68. The molecule has 2 saturated carbocycles. The van der Waals surface area contributed by atoms with Crippen LogP contribution in [0, 0.1) is 5.41 Å². The Labute approximate surface area is 121 Å². The highest BCUT2D eigenvalue weighted by Gasteiger charge is 2.54. The van der Waals surface area contributed by atoms with Gasteiger partial charge in [0.1, 0.15) is 0 Å². The van der Waals surface area contributed by atoms with Gasteiger partial charge in [-0.1, -0.05) is 56.0 Å². The van der Waals surface area contributed by atoms with Crippen molar-refractivity contribution in [3.8, 4) is 0 Å². The van der Waals surface area contributed by atoms with Gasteiger partial charge < -0.3 is 4.74 Å². The smallest absolute Gasteiger partial charge is 0.0720 e. The summed E-state index contributed by atoms with van der Waals surface area (Å²) in [6.45, 7) is 0.733. The van der Waals surface area contributed by atoms with E-state index in [1.165, 1.54) is 44.1 Å². The molecule has 2 atom stereocenters. The molecule has 0 saturated heterocycles. The van der Waals surface area contributed by atoms with Crippen LogP contribution in [0.15, 0.2) is 30.3 Å². The second-order valence-electron chi connectivity index (χ2n) is 6.14. The number of rotatable bonds is 3. The van der Waals surface area contributed by atoms with Gasteiger partial charge in [-0.3, -0.25) is 0 Å². The van der Waals surface area contributed by atoms with E-state index in [9.17, 15) is 0 Å². The Kier molecular flexibility index (Phi) is 4.14. The minimum atomic E-state index is 0.285. The summed E-state index contributed by atoms with van der Waals surface area (Å²) in [4.78, 5) is 0. The molecule has 2 unspecified atom stereocenters. The fraction of sp³-hybridized carbons (Fsp3) is 0.647. The van der Waals surface area contributed by atoms with Crippen molar-refractivity contribution in [3.63, 3.8) is 0 Å². The van der Waals surface area contributed by atoms with Crippen LogP contribution < -0.4 is 0 Å². The summed E-state index contributed by atoms with van der Waals surface area (Å²) in [6, 6.07) is 10.5. The summed E-state index contributed by atoms with van der Waals surface area (Å²) < 4.78 is 6.20. The van der Waals surface area contributed by atoms with E-state index in [0.29, 0.717) is 11.5 Å². The first-order valence-electron chi connectivity index (χ1n) is 7.61. The molecular formula is C17H23ClO. The second-order valence-corrected chi connectivity index (χ2v) is 6.66. The number of halogens is 1. The van der Waals surface area contributed by atoms with E-state index in [1.807, 2.05) is 0 Å². The van der Waals surface area contributed by atoms with Crippen molar-refractivity contribution in [2.75, 3.05) is 0 Å². The highest BCUT2D eigenvalue weighted by Crippen LogP contribution is 2.55. The van der Waals surface area contributed by atoms with Gasteiger partial charge in [0, 0.05) is 10.8 Å². The number of benzene rings is 1. The first-order chi connectivity index (χ1) is 9.31. The van der Waals surface area contributed by atoms with Gasteiger partial charge in [0.25, 0.3) is 0 Å². The number of alkyl halides is 1. The van der Waals surface area contributed by atoms with E-state index in [-0.39, 0.29) is 5.41 Å². The van der Waals surface area contributed by atoms with E-state index >= 15 is 0 Å². The van der Waals surface area contributed by atoms with Crippen LogP contribution in [0.4, 0.5) is 0 Å². The van der Waals surface area contributed by atoms with Gasteiger partial charge in [0.05, 0.1) is 12.7 Å². The highest BCUT2D eigenvalue weighted by atomic mass is 35.5. The molecule has 0 bridgehead atoms. The minimum absolute atomic E-state index is 0.285. The molecule has 19 heavy (non-hydrogen) atoms. The van der Waals surface area contributed by atoms with Gasteiger partial charge in [-0.15, -0.1) is 11.6 Å². The lowest BCUT2D eigenvalue weighted by molar-refractivity contribution is -0.122. The van der Waals surface area contributed by atoms with Crippen LogP contribution >= 0.6 is 11.6 Å². The maximum Gasteiger partial charge on any atom is 0.0720 e. The SMILES string of the molecule is ClC1CC(OCc2ccccc2)C12CCCCCC2. The summed E-state index contributed by atoms with van der Waals surface area (Å²) >= 11 is 6.55. The Bertz CT molecular complexity index is 395. The van der Waals surface area contributed by atoms with Gasteiger partial charge in [0.2, 0.25) is 0 Å². The molecule has 1 nitrogen and oxygen atoms in total. The van der Waals surface area contributed by atoms with Gasteiger partial charge in [-0.2, -0.15) is 0 Å². The van der Waals surface area contributed by atoms with E-state index in [1.54, 1.807) is 0 Å². The van der Waals surface area contributed by atoms with E-state index in [0.717, 1.165) is 13.0 Å². The molecule has 2 aliphatic rings. The Morgan fingerprint density at radius 1 is 1.05 bits per heavy atom. The highest BCUT2D eigenvalue weighted by molar-refractivity contribution is 6.21. The summed E-state index contributed by atoms with van der Waals surface area (Å²) in [5.41, 5.74) is 1.55. The zero-order valence-electron chi connectivity index (χ0n) is 11.5. The maximum atomic E-state index is 6.55. The Morgan fingerprint density at radius 2 is 1.74 bits per heavy atom. The fourth-order valence-corrected chi connectivity index (χ4v) is 4.25. The lowest BCUT2D eigenvalue weighted by Crippen LogP contribution is -2.55. The van der Waals surface area contributed by atoms with E-state index in [4.69, 9.17) is 16.3 Å². The van der Waals surface area contributed by atoms with Crippen LogP contribution in [-0.2, 0) is 11.3 Å². The van der Waals surface area contributed by atoms with E-state index in [2.05, 4.69) is 30.3 Å². The number of hydrogen-bond donors (Lipinski definition) is 0. The van der Waals surface area contributed by atoms with Crippen LogP contribution in [0.2, 0.25) is 0 Å². The number of hydrogen-bond acceptors (Lipinski definition) is 1. The molecule has 0 aromatic heterocycles. The maximum absolute atomic E-state index is 6.55. The normalized spacial score (nSPS) is 29.7. The average Bonchev–Trinajstić information content (AvgIpc) is 2.72. The van der Waals surface area contributed by atoms with Gasteiger partial charge in [0.15, 0.2) is 0 Å². The molecule has 0 aliphatic heterocycles. The lowest BCUT2D eigenvalue weighted by atomic mass is 9.61. The molecular weight excluding hydrogens is 256 g/mol. The summed E-state index contributed by atoms with van der Waals surface area (Å²) in [5.74, 6) is 0.